The summed E-state index contributed by atoms with van der Waals surface area (Å²) in [6.07, 6.45) is 1.37. The summed E-state index contributed by atoms with van der Waals surface area (Å²) in [7, 11) is 0. The smallest absolute Gasteiger partial charge is 0.262 e. The summed E-state index contributed by atoms with van der Waals surface area (Å²) in [6.45, 7) is 5.75. The van der Waals surface area contributed by atoms with Crippen LogP contribution in [0.4, 0.5) is 0 Å². The van der Waals surface area contributed by atoms with Gasteiger partial charge in [-0.3, -0.25) is 9.59 Å². The van der Waals surface area contributed by atoms with Crippen LogP contribution in [-0.2, 0) is 4.79 Å². The first-order chi connectivity index (χ1) is 14.2. The van der Waals surface area contributed by atoms with Gasteiger partial charge in [0.05, 0.1) is 17.8 Å². The number of benzene rings is 2. The van der Waals surface area contributed by atoms with Crippen molar-refractivity contribution in [2.75, 3.05) is 6.61 Å². The van der Waals surface area contributed by atoms with Crippen molar-refractivity contribution in [1.29, 1.82) is 0 Å². The molecule has 0 saturated carbocycles. The van der Waals surface area contributed by atoms with Crippen LogP contribution in [0.25, 0.3) is 0 Å². The third-order valence-corrected chi connectivity index (χ3v) is 4.62. The molecule has 2 aromatic carbocycles. The maximum atomic E-state index is 12.5. The molecule has 0 heterocycles. The zero-order chi connectivity index (χ0) is 22.3. The number of nitrogens with one attached hydrogen (secondary N) is 2. The molecular formula is C21H23Cl2N3O4. The second-order valence-corrected chi connectivity index (χ2v) is 7.56. The van der Waals surface area contributed by atoms with E-state index in [1.165, 1.54) is 12.3 Å². The molecule has 2 aromatic rings. The van der Waals surface area contributed by atoms with Crippen LogP contribution in [0.2, 0.25) is 10.0 Å². The summed E-state index contributed by atoms with van der Waals surface area (Å²) >= 11 is 11.8. The lowest BCUT2D eigenvalue weighted by Gasteiger charge is -2.20. The first kappa shape index (κ1) is 23.5. The number of hydrogen-bond donors (Lipinski definition) is 3. The van der Waals surface area contributed by atoms with Gasteiger partial charge in [-0.1, -0.05) is 37.0 Å². The van der Waals surface area contributed by atoms with Crippen LogP contribution in [0.5, 0.6) is 11.5 Å². The number of phenolic OH excluding ortho intramolecular Hbond substituents is 1. The minimum absolute atomic E-state index is 0.101. The van der Waals surface area contributed by atoms with Crippen molar-refractivity contribution in [1.82, 2.24) is 10.7 Å². The number of carbonyl (C=O) groups excluding carboxylic acids is 2. The van der Waals surface area contributed by atoms with Crippen molar-refractivity contribution < 1.29 is 19.4 Å². The Labute approximate surface area is 185 Å². The quantitative estimate of drug-likeness (QED) is 0.416. The minimum Gasteiger partial charge on any atom is -0.503 e. The van der Waals surface area contributed by atoms with E-state index in [9.17, 15) is 14.7 Å². The minimum atomic E-state index is -0.798. The Morgan fingerprint density at radius 3 is 2.47 bits per heavy atom. The molecule has 0 aliphatic heterocycles. The van der Waals surface area contributed by atoms with Gasteiger partial charge in [0.25, 0.3) is 11.8 Å². The highest BCUT2D eigenvalue weighted by atomic mass is 35.5. The second kappa shape index (κ2) is 10.8. The lowest BCUT2D eigenvalue weighted by atomic mass is 10.0. The average Bonchev–Trinajstić information content (AvgIpc) is 2.70. The van der Waals surface area contributed by atoms with Gasteiger partial charge in [0.2, 0.25) is 0 Å². The molecule has 2 amide bonds. The van der Waals surface area contributed by atoms with E-state index in [0.717, 1.165) is 0 Å². The molecule has 3 N–H and O–H groups in total. The summed E-state index contributed by atoms with van der Waals surface area (Å²) in [5, 5.41) is 17.1. The molecule has 1 unspecified atom stereocenters. The van der Waals surface area contributed by atoms with E-state index in [2.05, 4.69) is 15.8 Å². The SMILES string of the molecule is CCOc1cc(C=NNC(=O)C(NC(=O)c2ccc(Cl)cc2)C(C)C)cc(Cl)c1O. The Hall–Kier alpha value is -2.77. The predicted octanol–water partition coefficient (Wildman–Crippen LogP) is 4.00. The number of nitrogens with zero attached hydrogens (tertiary/aromatic N) is 1. The van der Waals surface area contributed by atoms with E-state index >= 15 is 0 Å². The number of rotatable bonds is 8. The fourth-order valence-corrected chi connectivity index (χ4v) is 2.88. The highest BCUT2D eigenvalue weighted by Gasteiger charge is 2.24. The first-order valence-corrected chi connectivity index (χ1v) is 10.0. The van der Waals surface area contributed by atoms with Crippen molar-refractivity contribution in [3.8, 4) is 11.5 Å². The Bertz CT molecular complexity index is 931. The molecule has 9 heteroatoms. The maximum absolute atomic E-state index is 12.5. The lowest BCUT2D eigenvalue weighted by molar-refractivity contribution is -0.123. The standard InChI is InChI=1S/C21H23Cl2N3O4/c1-4-30-17-10-13(9-16(23)19(17)27)11-24-26-21(29)18(12(2)3)25-20(28)14-5-7-15(22)8-6-14/h5-12,18,27H,4H2,1-3H3,(H,25,28)(H,26,29). The van der Waals surface area contributed by atoms with Gasteiger partial charge in [-0.05, 0) is 54.8 Å². The number of amides is 2. The summed E-state index contributed by atoms with van der Waals surface area (Å²) in [6, 6.07) is 8.59. The molecule has 0 bridgehead atoms. The second-order valence-electron chi connectivity index (χ2n) is 6.72. The molecule has 0 aromatic heterocycles. The third kappa shape index (κ3) is 6.37. The van der Waals surface area contributed by atoms with Gasteiger partial charge in [0.1, 0.15) is 6.04 Å². The van der Waals surface area contributed by atoms with Crippen molar-refractivity contribution in [3.05, 3.63) is 57.6 Å². The van der Waals surface area contributed by atoms with E-state index in [-0.39, 0.29) is 22.4 Å². The van der Waals surface area contributed by atoms with Crippen LogP contribution >= 0.6 is 23.2 Å². The number of ether oxygens (including phenoxy) is 1. The highest BCUT2D eigenvalue weighted by molar-refractivity contribution is 6.32. The monoisotopic (exact) mass is 451 g/mol. The predicted molar refractivity (Wildman–Crippen MR) is 118 cm³/mol. The summed E-state index contributed by atoms with van der Waals surface area (Å²) < 4.78 is 5.31. The Kier molecular flexibility index (Phi) is 8.50. The molecule has 0 aliphatic rings. The van der Waals surface area contributed by atoms with Crippen molar-refractivity contribution in [3.63, 3.8) is 0 Å². The maximum Gasteiger partial charge on any atom is 0.262 e. The van der Waals surface area contributed by atoms with Gasteiger partial charge in [-0.15, -0.1) is 0 Å². The van der Waals surface area contributed by atoms with Crippen molar-refractivity contribution in [2.24, 2.45) is 11.0 Å². The first-order valence-electron chi connectivity index (χ1n) is 9.27. The van der Waals surface area contributed by atoms with Crippen molar-refractivity contribution in [2.45, 2.75) is 26.8 Å². The van der Waals surface area contributed by atoms with E-state index in [1.54, 1.807) is 37.3 Å². The Morgan fingerprint density at radius 1 is 1.20 bits per heavy atom. The lowest BCUT2D eigenvalue weighted by Crippen LogP contribution is -2.48. The zero-order valence-electron chi connectivity index (χ0n) is 16.8. The average molecular weight is 452 g/mol. The summed E-state index contributed by atoms with van der Waals surface area (Å²) in [5.74, 6) is -0.990. The van der Waals surface area contributed by atoms with Gasteiger partial charge in [0.15, 0.2) is 11.5 Å². The molecule has 7 nitrogen and oxygen atoms in total. The molecule has 0 radical (unpaired) electrons. The van der Waals surface area contributed by atoms with E-state index in [4.69, 9.17) is 27.9 Å². The molecule has 0 fully saturated rings. The molecule has 2 rings (SSSR count). The number of phenols is 1. The largest absolute Gasteiger partial charge is 0.503 e. The Balaban J connectivity index is 2.06. The van der Waals surface area contributed by atoms with E-state index in [0.29, 0.717) is 22.8 Å². The number of aromatic hydroxyl groups is 1. The molecule has 0 aliphatic carbocycles. The zero-order valence-corrected chi connectivity index (χ0v) is 18.3. The normalized spacial score (nSPS) is 12.1. The number of hydrogen-bond acceptors (Lipinski definition) is 5. The highest BCUT2D eigenvalue weighted by Crippen LogP contribution is 2.34. The topological polar surface area (TPSA) is 100 Å². The van der Waals surface area contributed by atoms with Gasteiger partial charge in [0, 0.05) is 10.6 Å². The van der Waals surface area contributed by atoms with Gasteiger partial charge < -0.3 is 15.2 Å². The van der Waals surface area contributed by atoms with Crippen LogP contribution in [0.15, 0.2) is 41.5 Å². The summed E-state index contributed by atoms with van der Waals surface area (Å²) in [4.78, 5) is 24.9. The van der Waals surface area contributed by atoms with Crippen LogP contribution in [-0.4, -0.2) is 35.8 Å². The van der Waals surface area contributed by atoms with Crippen LogP contribution in [0.3, 0.4) is 0 Å². The van der Waals surface area contributed by atoms with Crippen LogP contribution in [0, 0.1) is 5.92 Å². The molecular weight excluding hydrogens is 429 g/mol. The van der Waals surface area contributed by atoms with Gasteiger partial charge in [-0.2, -0.15) is 5.10 Å². The van der Waals surface area contributed by atoms with Crippen LogP contribution in [0.1, 0.15) is 36.7 Å². The molecule has 0 spiro atoms. The third-order valence-electron chi connectivity index (χ3n) is 4.08. The van der Waals surface area contributed by atoms with E-state index < -0.39 is 17.9 Å². The number of hydrazone groups is 1. The molecule has 160 valence electrons. The molecule has 30 heavy (non-hydrogen) atoms. The van der Waals surface area contributed by atoms with E-state index in [1.807, 2.05) is 13.8 Å². The van der Waals surface area contributed by atoms with Crippen molar-refractivity contribution >= 4 is 41.2 Å². The van der Waals surface area contributed by atoms with Crippen LogP contribution < -0.4 is 15.5 Å². The summed E-state index contributed by atoms with van der Waals surface area (Å²) in [5.41, 5.74) is 3.33. The number of carbonyl (C=O) groups is 2. The van der Waals surface area contributed by atoms with Gasteiger partial charge >= 0.3 is 0 Å². The molecule has 0 saturated heterocycles. The van der Waals surface area contributed by atoms with Gasteiger partial charge in [-0.25, -0.2) is 5.43 Å². The molecule has 1 atom stereocenters. The fraction of sp³-hybridized carbons (Fsp3) is 0.286. The Morgan fingerprint density at radius 2 is 1.87 bits per heavy atom. The number of halogens is 2. The fourth-order valence-electron chi connectivity index (χ4n) is 2.53.